The Hall–Kier alpha value is -0.150. The highest BCUT2D eigenvalue weighted by molar-refractivity contribution is 8.76. The van der Waals surface area contributed by atoms with Crippen molar-refractivity contribution in [1.29, 1.82) is 0 Å². The van der Waals surface area contributed by atoms with Gasteiger partial charge >= 0.3 is 11.3 Å². The Morgan fingerprint density at radius 3 is 1.97 bits per heavy atom. The van der Waals surface area contributed by atoms with E-state index in [2.05, 4.69) is 4.72 Å². The van der Waals surface area contributed by atoms with Crippen LogP contribution in [0.1, 0.15) is 0 Å². The van der Waals surface area contributed by atoms with Crippen molar-refractivity contribution in [2.75, 3.05) is 4.72 Å². The van der Waals surface area contributed by atoms with Gasteiger partial charge in [0.1, 0.15) is 0 Å². The number of hydrogen-bond acceptors (Lipinski definition) is 4. The van der Waals surface area contributed by atoms with Crippen molar-refractivity contribution in [3.8, 4) is 5.75 Å². The average Bonchev–Trinajstić information content (AvgIpc) is 2.67. The Labute approximate surface area is 213 Å². The molecule has 0 aliphatic heterocycles. The van der Waals surface area contributed by atoms with E-state index in [1.807, 2.05) is 12.1 Å². The molecule has 0 aliphatic carbocycles. The Kier molecular flexibility index (Phi) is 9.08. The second-order valence-electron chi connectivity index (χ2n) is 5.51. The van der Waals surface area contributed by atoms with Gasteiger partial charge in [0, 0.05) is 20.5 Å². The third-order valence-electron chi connectivity index (χ3n) is 3.38. The molecule has 3 nitrogen and oxygen atoms in total. The molecule has 0 spiro atoms. The van der Waals surface area contributed by atoms with Crippen LogP contribution in [0.5, 0.6) is 5.75 Å². The summed E-state index contributed by atoms with van der Waals surface area (Å²) < 4.78 is 20.3. The molecule has 0 amide bonds. The highest BCUT2D eigenvalue weighted by Crippen LogP contribution is 2.43. The monoisotopic (exact) mass is 577 g/mol. The zero-order valence-corrected chi connectivity index (χ0v) is 21.4. The summed E-state index contributed by atoms with van der Waals surface area (Å²) in [4.78, 5) is 1.74. The lowest BCUT2D eigenvalue weighted by Crippen LogP contribution is -2.11. The minimum absolute atomic E-state index is 0.0793. The second kappa shape index (κ2) is 11.1. The summed E-state index contributed by atoms with van der Waals surface area (Å²) in [6, 6.07) is 13.4. The Bertz CT molecular complexity index is 1080. The summed E-state index contributed by atoms with van der Waals surface area (Å²) >= 11 is 34.2. The lowest BCUT2D eigenvalue weighted by Gasteiger charge is -2.10. The number of anilines is 1. The fourth-order valence-corrected chi connectivity index (χ4v) is 6.63. The van der Waals surface area contributed by atoms with E-state index in [9.17, 15) is 4.21 Å². The number of nitrogens with one attached hydrogen (secondary N) is 1. The summed E-state index contributed by atoms with van der Waals surface area (Å²) in [5.74, 6) is 0.0793. The molecule has 0 aromatic heterocycles. The van der Waals surface area contributed by atoms with Crippen molar-refractivity contribution in [1.82, 2.24) is 0 Å². The van der Waals surface area contributed by atoms with Gasteiger partial charge in [0.2, 0.25) is 0 Å². The summed E-state index contributed by atoms with van der Waals surface area (Å²) in [6.45, 7) is 0. The molecule has 1 N–H and O–H groups in total. The highest BCUT2D eigenvalue weighted by Gasteiger charge is 2.13. The third-order valence-corrected chi connectivity index (χ3v) is 8.46. The number of benzene rings is 3. The molecule has 3 aromatic rings. The average molecular weight is 580 g/mol. The fourth-order valence-electron chi connectivity index (χ4n) is 2.04. The molecule has 3 aromatic carbocycles. The van der Waals surface area contributed by atoms with Crippen LogP contribution in [-0.2, 0) is 11.3 Å². The van der Waals surface area contributed by atoms with Gasteiger partial charge in [-0.05, 0) is 48.5 Å². The van der Waals surface area contributed by atoms with Crippen molar-refractivity contribution < 1.29 is 8.39 Å². The third kappa shape index (κ3) is 6.67. The van der Waals surface area contributed by atoms with E-state index < -0.39 is 11.3 Å². The van der Waals surface area contributed by atoms with Gasteiger partial charge in [0.15, 0.2) is 5.75 Å². The van der Waals surface area contributed by atoms with Crippen LogP contribution in [0.2, 0.25) is 30.1 Å². The van der Waals surface area contributed by atoms with Crippen molar-refractivity contribution in [3.05, 3.63) is 78.7 Å². The predicted molar refractivity (Wildman–Crippen MR) is 133 cm³/mol. The normalized spacial score (nSPS) is 11.9. The van der Waals surface area contributed by atoms with Gasteiger partial charge in [0.05, 0.1) is 25.1 Å². The lowest BCUT2D eigenvalue weighted by atomic mass is 10.3. The first-order valence-corrected chi connectivity index (χ1v) is 13.3. The number of halogens is 6. The standard InChI is InChI=1S/C18H9Cl6NO2S3/c19-9-5-15(23)18(16(24)6-9)27-30(26)25-10-1-3-11(4-2-10)28-29-17-8-13(21)12(20)7-14(17)22/h1-8,25H. The van der Waals surface area contributed by atoms with Gasteiger partial charge in [-0.2, -0.15) is 4.21 Å². The van der Waals surface area contributed by atoms with Gasteiger partial charge < -0.3 is 4.18 Å². The van der Waals surface area contributed by atoms with Gasteiger partial charge in [-0.15, -0.1) is 0 Å². The van der Waals surface area contributed by atoms with Gasteiger partial charge in [-0.3, -0.25) is 4.72 Å². The van der Waals surface area contributed by atoms with Gasteiger partial charge in [0.25, 0.3) is 0 Å². The summed E-state index contributed by atoms with van der Waals surface area (Å²) in [5, 5.41) is 2.03. The van der Waals surface area contributed by atoms with Crippen molar-refractivity contribution in [2.24, 2.45) is 0 Å². The largest absolute Gasteiger partial charge is 0.382 e. The molecule has 0 aliphatic rings. The second-order valence-corrected chi connectivity index (χ2v) is 11.1. The molecular weight excluding hydrogens is 571 g/mol. The Morgan fingerprint density at radius 2 is 1.33 bits per heavy atom. The maximum atomic E-state index is 12.2. The Balaban J connectivity index is 1.59. The van der Waals surface area contributed by atoms with E-state index in [1.54, 1.807) is 24.3 Å². The first-order chi connectivity index (χ1) is 14.2. The molecule has 12 heteroatoms. The van der Waals surface area contributed by atoms with Crippen LogP contribution in [0.15, 0.2) is 58.3 Å². The molecular formula is C18H9Cl6NO2S3. The molecule has 1 atom stereocenters. The molecule has 0 saturated carbocycles. The van der Waals surface area contributed by atoms with E-state index in [-0.39, 0.29) is 15.8 Å². The maximum absolute atomic E-state index is 12.2. The Morgan fingerprint density at radius 1 is 0.733 bits per heavy atom. The van der Waals surface area contributed by atoms with Crippen LogP contribution in [0.25, 0.3) is 0 Å². The van der Waals surface area contributed by atoms with Gasteiger partial charge in [-0.1, -0.05) is 91.2 Å². The first-order valence-electron chi connectivity index (χ1n) is 7.83. The van der Waals surface area contributed by atoms with E-state index in [1.165, 1.54) is 33.7 Å². The molecule has 0 radical (unpaired) electrons. The SMILES string of the molecule is O=S(Nc1ccc(SSc2cc(Cl)c(Cl)cc2Cl)cc1)Oc1c(Cl)cc(Cl)cc1Cl. The van der Waals surface area contributed by atoms with Crippen molar-refractivity contribution in [3.63, 3.8) is 0 Å². The molecule has 0 bridgehead atoms. The number of hydrogen-bond donors (Lipinski definition) is 1. The quantitative estimate of drug-likeness (QED) is 0.223. The lowest BCUT2D eigenvalue weighted by molar-refractivity contribution is 0.567. The first kappa shape index (κ1) is 24.5. The smallest absolute Gasteiger partial charge is 0.316 e. The fraction of sp³-hybridized carbons (Fsp3) is 0. The van der Waals surface area contributed by atoms with Crippen molar-refractivity contribution >= 4 is 108 Å². The van der Waals surface area contributed by atoms with E-state index in [0.29, 0.717) is 25.8 Å². The van der Waals surface area contributed by atoms with Crippen LogP contribution < -0.4 is 8.91 Å². The van der Waals surface area contributed by atoms with Crippen LogP contribution in [0.4, 0.5) is 5.69 Å². The topological polar surface area (TPSA) is 38.3 Å². The number of rotatable bonds is 7. The molecule has 0 heterocycles. The molecule has 158 valence electrons. The van der Waals surface area contributed by atoms with Crippen molar-refractivity contribution in [2.45, 2.75) is 9.79 Å². The van der Waals surface area contributed by atoms with Gasteiger partial charge in [-0.25, -0.2) is 0 Å². The summed E-state index contributed by atoms with van der Waals surface area (Å²) in [6.07, 6.45) is 0. The van der Waals surface area contributed by atoms with E-state index in [4.69, 9.17) is 73.8 Å². The zero-order valence-electron chi connectivity index (χ0n) is 14.4. The molecule has 3 rings (SSSR count). The zero-order chi connectivity index (χ0) is 21.8. The molecule has 1 unspecified atom stereocenters. The van der Waals surface area contributed by atoms with Crippen LogP contribution in [-0.4, -0.2) is 4.21 Å². The van der Waals surface area contributed by atoms with Crippen LogP contribution in [0.3, 0.4) is 0 Å². The van der Waals surface area contributed by atoms with E-state index in [0.717, 1.165) is 9.79 Å². The minimum atomic E-state index is -1.92. The maximum Gasteiger partial charge on any atom is 0.316 e. The minimum Gasteiger partial charge on any atom is -0.382 e. The van der Waals surface area contributed by atoms with Crippen LogP contribution in [0, 0.1) is 0 Å². The predicted octanol–water partition coefficient (Wildman–Crippen LogP) is 9.48. The summed E-state index contributed by atoms with van der Waals surface area (Å²) in [7, 11) is 2.93. The van der Waals surface area contributed by atoms with E-state index >= 15 is 0 Å². The molecule has 30 heavy (non-hydrogen) atoms. The molecule has 0 fully saturated rings. The van der Waals surface area contributed by atoms with Crippen LogP contribution >= 0.6 is 91.2 Å². The summed E-state index contributed by atoms with van der Waals surface area (Å²) in [5.41, 5.74) is 0.580. The highest BCUT2D eigenvalue weighted by atomic mass is 35.5. The molecule has 0 saturated heterocycles.